The van der Waals surface area contributed by atoms with Gasteiger partial charge in [-0.2, -0.15) is 0 Å². The lowest BCUT2D eigenvalue weighted by molar-refractivity contribution is -0.121. The van der Waals surface area contributed by atoms with E-state index in [9.17, 15) is 4.79 Å². The van der Waals surface area contributed by atoms with Crippen molar-refractivity contribution >= 4 is 32.7 Å². The van der Waals surface area contributed by atoms with Gasteiger partial charge in [-0.05, 0) is 23.6 Å². The maximum Gasteiger partial charge on any atom is 0.239 e. The number of carbonyl (C=O) groups excluding carboxylic acids is 1. The van der Waals surface area contributed by atoms with Crippen LogP contribution in [0.2, 0.25) is 0 Å². The molecular weight excluding hydrogens is 332 g/mol. The summed E-state index contributed by atoms with van der Waals surface area (Å²) >= 11 is 3.46. The van der Waals surface area contributed by atoms with E-state index in [0.717, 1.165) is 27.5 Å². The number of hydrogen-bond acceptors (Lipinski definition) is 2. The molecule has 0 saturated heterocycles. The SMILES string of the molecule is O=C(Cn1ccc2ccc(Br)cc21)NCCc1cnc[nH]1. The quantitative estimate of drug-likeness (QED) is 0.745. The zero-order valence-corrected chi connectivity index (χ0v) is 12.9. The Morgan fingerprint density at radius 3 is 3.10 bits per heavy atom. The maximum atomic E-state index is 12.0. The van der Waals surface area contributed by atoms with Crippen LogP contribution in [0.3, 0.4) is 0 Å². The fourth-order valence-corrected chi connectivity index (χ4v) is 2.61. The number of carbonyl (C=O) groups is 1. The number of nitrogens with zero attached hydrogens (tertiary/aromatic N) is 2. The number of aromatic amines is 1. The van der Waals surface area contributed by atoms with E-state index in [1.54, 1.807) is 12.5 Å². The number of halogens is 1. The molecule has 1 aromatic carbocycles. The van der Waals surface area contributed by atoms with Gasteiger partial charge >= 0.3 is 0 Å². The van der Waals surface area contributed by atoms with Crippen LogP contribution >= 0.6 is 15.9 Å². The molecule has 2 heterocycles. The fraction of sp³-hybridized carbons (Fsp3) is 0.200. The number of amides is 1. The van der Waals surface area contributed by atoms with Gasteiger partial charge in [0, 0.05) is 41.0 Å². The number of imidazole rings is 1. The Morgan fingerprint density at radius 2 is 2.29 bits per heavy atom. The van der Waals surface area contributed by atoms with Crippen molar-refractivity contribution in [2.75, 3.05) is 6.54 Å². The lowest BCUT2D eigenvalue weighted by Crippen LogP contribution is -2.29. The molecule has 0 unspecified atom stereocenters. The molecule has 6 heteroatoms. The Labute approximate surface area is 130 Å². The van der Waals surface area contributed by atoms with E-state index >= 15 is 0 Å². The van der Waals surface area contributed by atoms with Crippen LogP contribution in [0.1, 0.15) is 5.69 Å². The second kappa shape index (κ2) is 6.13. The Morgan fingerprint density at radius 1 is 1.38 bits per heavy atom. The van der Waals surface area contributed by atoms with Crippen LogP contribution in [-0.2, 0) is 17.8 Å². The van der Waals surface area contributed by atoms with E-state index in [-0.39, 0.29) is 5.91 Å². The summed E-state index contributed by atoms with van der Waals surface area (Å²) in [6, 6.07) is 8.07. The molecule has 2 N–H and O–H groups in total. The molecule has 0 spiro atoms. The summed E-state index contributed by atoms with van der Waals surface area (Å²) in [6.45, 7) is 0.923. The highest BCUT2D eigenvalue weighted by Gasteiger charge is 2.06. The minimum absolute atomic E-state index is 0.00647. The molecule has 5 nitrogen and oxygen atoms in total. The Hall–Kier alpha value is -2.08. The summed E-state index contributed by atoms with van der Waals surface area (Å²) in [5.41, 5.74) is 2.07. The highest BCUT2D eigenvalue weighted by Crippen LogP contribution is 2.20. The van der Waals surface area contributed by atoms with Crippen molar-refractivity contribution in [3.63, 3.8) is 0 Å². The number of rotatable bonds is 5. The standard InChI is InChI=1S/C15H15BrN4O/c16-12-2-1-11-4-6-20(14(11)7-12)9-15(21)18-5-3-13-8-17-10-19-13/h1-2,4,6-8,10H,3,5,9H2,(H,17,19)(H,18,21). The predicted molar refractivity (Wildman–Crippen MR) is 84.9 cm³/mol. The van der Waals surface area contributed by atoms with Crippen LogP contribution in [0.5, 0.6) is 0 Å². The summed E-state index contributed by atoms with van der Waals surface area (Å²) in [5.74, 6) is 0.00647. The largest absolute Gasteiger partial charge is 0.354 e. The molecule has 21 heavy (non-hydrogen) atoms. The predicted octanol–water partition coefficient (Wildman–Crippen LogP) is 2.49. The molecule has 0 atom stereocenters. The first-order valence-corrected chi connectivity index (χ1v) is 7.50. The van der Waals surface area contributed by atoms with E-state index in [0.29, 0.717) is 13.1 Å². The lowest BCUT2D eigenvalue weighted by Gasteiger charge is -2.07. The fourth-order valence-electron chi connectivity index (χ4n) is 2.26. The molecule has 108 valence electrons. The Bertz CT molecular complexity index is 748. The second-order valence-electron chi connectivity index (χ2n) is 4.82. The van der Waals surface area contributed by atoms with Crippen molar-refractivity contribution in [2.45, 2.75) is 13.0 Å². The zero-order valence-electron chi connectivity index (χ0n) is 11.3. The molecule has 0 aliphatic rings. The molecule has 3 rings (SSSR count). The first kappa shape index (κ1) is 13.9. The number of aromatic nitrogens is 3. The van der Waals surface area contributed by atoms with Gasteiger partial charge in [-0.3, -0.25) is 4.79 Å². The highest BCUT2D eigenvalue weighted by molar-refractivity contribution is 9.10. The lowest BCUT2D eigenvalue weighted by atomic mass is 10.2. The third-order valence-corrected chi connectivity index (χ3v) is 3.81. The van der Waals surface area contributed by atoms with Gasteiger partial charge in [-0.25, -0.2) is 4.98 Å². The highest BCUT2D eigenvalue weighted by atomic mass is 79.9. The van der Waals surface area contributed by atoms with Crippen molar-refractivity contribution in [2.24, 2.45) is 0 Å². The molecule has 1 amide bonds. The first-order valence-electron chi connectivity index (χ1n) is 6.71. The molecule has 0 aliphatic heterocycles. The van der Waals surface area contributed by atoms with E-state index in [1.165, 1.54) is 0 Å². The molecule has 0 saturated carbocycles. The third kappa shape index (κ3) is 3.33. The molecule has 0 fully saturated rings. The smallest absolute Gasteiger partial charge is 0.239 e. The van der Waals surface area contributed by atoms with Gasteiger partial charge in [0.25, 0.3) is 0 Å². The van der Waals surface area contributed by atoms with Gasteiger partial charge in [0.1, 0.15) is 6.54 Å². The maximum absolute atomic E-state index is 12.0. The van der Waals surface area contributed by atoms with Crippen LogP contribution in [0.25, 0.3) is 10.9 Å². The molecule has 0 aliphatic carbocycles. The molecule has 0 radical (unpaired) electrons. The van der Waals surface area contributed by atoms with Crippen molar-refractivity contribution in [3.8, 4) is 0 Å². The van der Waals surface area contributed by atoms with Crippen LogP contribution in [0, 0.1) is 0 Å². The second-order valence-corrected chi connectivity index (χ2v) is 5.74. The normalized spacial score (nSPS) is 10.9. The number of nitrogens with one attached hydrogen (secondary N) is 2. The van der Waals surface area contributed by atoms with Gasteiger partial charge in [-0.15, -0.1) is 0 Å². The summed E-state index contributed by atoms with van der Waals surface area (Å²) in [4.78, 5) is 19.0. The van der Waals surface area contributed by atoms with Crippen LogP contribution in [-0.4, -0.2) is 27.0 Å². The Kier molecular flexibility index (Phi) is 4.06. The zero-order chi connectivity index (χ0) is 14.7. The average molecular weight is 347 g/mol. The van der Waals surface area contributed by atoms with Crippen molar-refractivity contribution in [1.82, 2.24) is 19.9 Å². The monoisotopic (exact) mass is 346 g/mol. The minimum Gasteiger partial charge on any atom is -0.354 e. The summed E-state index contributed by atoms with van der Waals surface area (Å²) < 4.78 is 2.96. The van der Waals surface area contributed by atoms with E-state index < -0.39 is 0 Å². The molecular formula is C15H15BrN4O. The molecule has 3 aromatic rings. The number of H-pyrrole nitrogens is 1. The average Bonchev–Trinajstić information content (AvgIpc) is 3.09. The van der Waals surface area contributed by atoms with E-state index in [4.69, 9.17) is 0 Å². The minimum atomic E-state index is 0.00647. The van der Waals surface area contributed by atoms with Gasteiger partial charge < -0.3 is 14.9 Å². The van der Waals surface area contributed by atoms with Crippen LogP contribution in [0.15, 0.2) is 47.5 Å². The summed E-state index contributed by atoms with van der Waals surface area (Å²) in [5, 5.41) is 4.05. The van der Waals surface area contributed by atoms with E-state index in [2.05, 4.69) is 31.2 Å². The Balaban J connectivity index is 1.59. The van der Waals surface area contributed by atoms with Gasteiger partial charge in [0.15, 0.2) is 0 Å². The van der Waals surface area contributed by atoms with Gasteiger partial charge in [0.05, 0.1) is 6.33 Å². The van der Waals surface area contributed by atoms with Crippen LogP contribution in [0.4, 0.5) is 0 Å². The number of hydrogen-bond donors (Lipinski definition) is 2. The van der Waals surface area contributed by atoms with Gasteiger partial charge in [-0.1, -0.05) is 22.0 Å². The van der Waals surface area contributed by atoms with Crippen LogP contribution < -0.4 is 5.32 Å². The number of fused-ring (bicyclic) bond motifs is 1. The first-order chi connectivity index (χ1) is 10.2. The number of benzene rings is 1. The topological polar surface area (TPSA) is 62.7 Å². The third-order valence-electron chi connectivity index (χ3n) is 3.32. The van der Waals surface area contributed by atoms with Gasteiger partial charge in [0.2, 0.25) is 5.91 Å². The van der Waals surface area contributed by atoms with E-state index in [1.807, 2.05) is 35.0 Å². The molecule has 0 bridgehead atoms. The van der Waals surface area contributed by atoms with Crippen molar-refractivity contribution in [1.29, 1.82) is 0 Å². The molecule has 2 aromatic heterocycles. The summed E-state index contributed by atoms with van der Waals surface area (Å²) in [6.07, 6.45) is 6.10. The van der Waals surface area contributed by atoms with Crippen molar-refractivity contribution in [3.05, 3.63) is 53.2 Å². The summed E-state index contributed by atoms with van der Waals surface area (Å²) in [7, 11) is 0. The van der Waals surface area contributed by atoms with Crippen molar-refractivity contribution < 1.29 is 4.79 Å².